The summed E-state index contributed by atoms with van der Waals surface area (Å²) in [6.45, 7) is 2.45. The number of aliphatic hydroxyl groups is 1. The second kappa shape index (κ2) is 5.69. The van der Waals surface area contributed by atoms with Gasteiger partial charge in [0.1, 0.15) is 0 Å². The zero-order chi connectivity index (χ0) is 13.9. The normalized spacial score (nSPS) is 27.1. The summed E-state index contributed by atoms with van der Waals surface area (Å²) in [6, 6.07) is 0. The number of hydrogen-bond acceptors (Lipinski definition) is 5. The topological polar surface area (TPSA) is 70.1 Å². The highest BCUT2D eigenvalue weighted by Crippen LogP contribution is 2.32. The summed E-state index contributed by atoms with van der Waals surface area (Å²) >= 11 is 0. The first-order valence-electron chi connectivity index (χ1n) is 6.69. The number of anilines is 2. The highest BCUT2D eigenvalue weighted by molar-refractivity contribution is 5.41. The Morgan fingerprint density at radius 3 is 3.05 bits per heavy atom. The van der Waals surface area contributed by atoms with Crippen LogP contribution in [0.2, 0.25) is 0 Å². The molecule has 0 saturated heterocycles. The number of nitrogens with zero attached hydrogens (tertiary/aromatic N) is 2. The molecule has 106 valence electrons. The molecule has 1 fully saturated rings. The monoisotopic (exact) mass is 268 g/mol. The summed E-state index contributed by atoms with van der Waals surface area (Å²) in [7, 11) is 1.67. The first-order valence-corrected chi connectivity index (χ1v) is 6.69. The molecule has 2 atom stereocenters. The molecule has 1 aliphatic carbocycles. The average molecular weight is 268 g/mol. The van der Waals surface area contributed by atoms with Gasteiger partial charge in [-0.3, -0.25) is 0 Å². The van der Waals surface area contributed by atoms with E-state index >= 15 is 0 Å². The minimum Gasteiger partial charge on any atom is -0.388 e. The maximum Gasteiger partial charge on any atom is 0.224 e. The van der Waals surface area contributed by atoms with Gasteiger partial charge in [-0.1, -0.05) is 19.8 Å². The van der Waals surface area contributed by atoms with Gasteiger partial charge in [0.25, 0.3) is 0 Å². The van der Waals surface area contributed by atoms with Crippen LogP contribution >= 0.6 is 0 Å². The third kappa shape index (κ3) is 3.53. The largest absolute Gasteiger partial charge is 0.388 e. The van der Waals surface area contributed by atoms with Gasteiger partial charge in [0.05, 0.1) is 11.8 Å². The van der Waals surface area contributed by atoms with Gasteiger partial charge in [-0.2, -0.15) is 4.98 Å². The Labute approximate surface area is 112 Å². The first-order chi connectivity index (χ1) is 9.02. The molecule has 0 spiro atoms. The second-order valence-corrected chi connectivity index (χ2v) is 5.42. The van der Waals surface area contributed by atoms with Crippen molar-refractivity contribution >= 4 is 11.8 Å². The lowest BCUT2D eigenvalue weighted by Gasteiger charge is -2.35. The molecule has 0 aromatic carbocycles. The maximum absolute atomic E-state index is 13.6. The van der Waals surface area contributed by atoms with E-state index in [-0.39, 0.29) is 5.82 Å². The summed E-state index contributed by atoms with van der Waals surface area (Å²) in [5.74, 6) is 0.481. The molecule has 1 aromatic rings. The quantitative estimate of drug-likeness (QED) is 0.779. The van der Waals surface area contributed by atoms with Crippen LogP contribution in [-0.2, 0) is 0 Å². The molecule has 5 nitrogen and oxygen atoms in total. The molecule has 0 radical (unpaired) electrons. The summed E-state index contributed by atoms with van der Waals surface area (Å²) in [4.78, 5) is 7.79. The van der Waals surface area contributed by atoms with Crippen molar-refractivity contribution in [3.63, 3.8) is 0 Å². The lowest BCUT2D eigenvalue weighted by molar-refractivity contribution is -0.000873. The molecule has 1 heterocycles. The molecule has 1 aliphatic rings. The minimum atomic E-state index is -0.769. The van der Waals surface area contributed by atoms with Gasteiger partial charge in [-0.25, -0.2) is 9.37 Å². The van der Waals surface area contributed by atoms with E-state index in [1.54, 1.807) is 7.05 Å². The molecule has 2 unspecified atom stereocenters. The van der Waals surface area contributed by atoms with Crippen molar-refractivity contribution < 1.29 is 9.50 Å². The van der Waals surface area contributed by atoms with Crippen LogP contribution in [0.4, 0.5) is 16.2 Å². The molecule has 1 saturated carbocycles. The SMILES string of the molecule is CNc1ncc(F)c(NCC2(O)CCCC(C)C2)n1. The smallest absolute Gasteiger partial charge is 0.224 e. The van der Waals surface area contributed by atoms with Crippen LogP contribution in [0.1, 0.15) is 32.6 Å². The van der Waals surface area contributed by atoms with Gasteiger partial charge < -0.3 is 15.7 Å². The Morgan fingerprint density at radius 1 is 1.58 bits per heavy atom. The highest BCUT2D eigenvalue weighted by Gasteiger charge is 2.32. The molecule has 1 aromatic heterocycles. The van der Waals surface area contributed by atoms with Crippen LogP contribution in [0, 0.1) is 11.7 Å². The number of nitrogens with one attached hydrogen (secondary N) is 2. The Morgan fingerprint density at radius 2 is 2.37 bits per heavy atom. The summed E-state index contributed by atoms with van der Waals surface area (Å²) < 4.78 is 13.6. The lowest BCUT2D eigenvalue weighted by atomic mass is 9.79. The Bertz CT molecular complexity index is 443. The molecular formula is C13H21FN4O. The van der Waals surface area contributed by atoms with Crippen molar-refractivity contribution in [1.29, 1.82) is 0 Å². The van der Waals surface area contributed by atoms with Crippen molar-refractivity contribution in [2.24, 2.45) is 5.92 Å². The third-order valence-electron chi connectivity index (χ3n) is 3.62. The van der Waals surface area contributed by atoms with E-state index in [1.165, 1.54) is 0 Å². The molecule has 2 rings (SSSR count). The van der Waals surface area contributed by atoms with Crippen LogP contribution in [0.15, 0.2) is 6.20 Å². The van der Waals surface area contributed by atoms with E-state index in [4.69, 9.17) is 0 Å². The molecule has 19 heavy (non-hydrogen) atoms. The Kier molecular flexibility index (Phi) is 4.19. The van der Waals surface area contributed by atoms with Crippen LogP contribution in [0.5, 0.6) is 0 Å². The summed E-state index contributed by atoms with van der Waals surface area (Å²) in [5.41, 5.74) is -0.769. The predicted octanol–water partition coefficient (Wildman–Crippen LogP) is 2.01. The van der Waals surface area contributed by atoms with E-state index in [9.17, 15) is 9.50 Å². The minimum absolute atomic E-state index is 0.131. The van der Waals surface area contributed by atoms with Crippen molar-refractivity contribution in [3.05, 3.63) is 12.0 Å². The number of halogens is 1. The summed E-state index contributed by atoms with van der Waals surface area (Å²) in [6.07, 6.45) is 4.76. The van der Waals surface area contributed by atoms with Gasteiger partial charge in [0.15, 0.2) is 11.6 Å². The fourth-order valence-corrected chi connectivity index (χ4v) is 2.65. The van der Waals surface area contributed by atoms with Gasteiger partial charge in [0, 0.05) is 13.6 Å². The molecule has 0 aliphatic heterocycles. The van der Waals surface area contributed by atoms with Crippen molar-refractivity contribution in [1.82, 2.24) is 9.97 Å². The zero-order valence-corrected chi connectivity index (χ0v) is 11.4. The molecule has 0 bridgehead atoms. The van der Waals surface area contributed by atoms with E-state index in [0.717, 1.165) is 31.9 Å². The van der Waals surface area contributed by atoms with Crippen molar-refractivity contribution in [3.8, 4) is 0 Å². The van der Waals surface area contributed by atoms with Gasteiger partial charge >= 0.3 is 0 Å². The number of hydrogen-bond donors (Lipinski definition) is 3. The molecule has 6 heteroatoms. The Hall–Kier alpha value is -1.43. The molecule has 3 N–H and O–H groups in total. The van der Waals surface area contributed by atoms with Gasteiger partial charge in [-0.05, 0) is 18.8 Å². The predicted molar refractivity (Wildman–Crippen MR) is 72.6 cm³/mol. The van der Waals surface area contributed by atoms with Crippen molar-refractivity contribution in [2.75, 3.05) is 24.2 Å². The standard InChI is InChI=1S/C13H21FN4O/c1-9-4-3-5-13(19,6-9)8-17-11-10(14)7-16-12(15-2)18-11/h7,9,19H,3-6,8H2,1-2H3,(H2,15,16,17,18). The van der Waals surface area contributed by atoms with Gasteiger partial charge in [0.2, 0.25) is 5.95 Å². The Balaban J connectivity index is 2.01. The molecule has 0 amide bonds. The number of rotatable bonds is 4. The fraction of sp³-hybridized carbons (Fsp3) is 0.692. The van der Waals surface area contributed by atoms with E-state index in [1.807, 2.05) is 0 Å². The first kappa shape index (κ1) is 14.0. The fourth-order valence-electron chi connectivity index (χ4n) is 2.65. The second-order valence-electron chi connectivity index (χ2n) is 5.42. The highest BCUT2D eigenvalue weighted by atomic mass is 19.1. The van der Waals surface area contributed by atoms with E-state index < -0.39 is 11.4 Å². The third-order valence-corrected chi connectivity index (χ3v) is 3.62. The van der Waals surface area contributed by atoms with Crippen molar-refractivity contribution in [2.45, 2.75) is 38.2 Å². The average Bonchev–Trinajstić information content (AvgIpc) is 2.37. The maximum atomic E-state index is 13.6. The van der Waals surface area contributed by atoms with Crippen LogP contribution < -0.4 is 10.6 Å². The van der Waals surface area contributed by atoms with E-state index in [0.29, 0.717) is 18.4 Å². The lowest BCUT2D eigenvalue weighted by Crippen LogP contribution is -2.41. The van der Waals surface area contributed by atoms with E-state index in [2.05, 4.69) is 27.5 Å². The zero-order valence-electron chi connectivity index (χ0n) is 11.4. The van der Waals surface area contributed by atoms with Crippen LogP contribution in [-0.4, -0.2) is 34.3 Å². The molecular weight excluding hydrogens is 247 g/mol. The van der Waals surface area contributed by atoms with Crippen LogP contribution in [0.3, 0.4) is 0 Å². The van der Waals surface area contributed by atoms with Gasteiger partial charge in [-0.15, -0.1) is 0 Å². The number of aromatic nitrogens is 2. The summed E-state index contributed by atoms with van der Waals surface area (Å²) in [5, 5.41) is 16.1. The van der Waals surface area contributed by atoms with Crippen LogP contribution in [0.25, 0.3) is 0 Å².